The van der Waals surface area contributed by atoms with E-state index in [0.717, 1.165) is 34.6 Å². The summed E-state index contributed by atoms with van der Waals surface area (Å²) in [6, 6.07) is 0. The smallest absolute Gasteiger partial charge is 0.420 e. The fourth-order valence-electron chi connectivity index (χ4n) is 3.35. The maximum Gasteiger partial charge on any atom is 0.427 e. The Morgan fingerprint density at radius 2 is 1.37 bits per heavy atom. The van der Waals surface area contributed by atoms with Gasteiger partial charge >= 0.3 is 15.2 Å². The van der Waals surface area contributed by atoms with Crippen LogP contribution in [0.3, 0.4) is 0 Å². The molecule has 0 saturated carbocycles. The van der Waals surface area contributed by atoms with Crippen molar-refractivity contribution >= 4 is 43.5 Å². The fraction of sp³-hybridized carbons (Fsp3) is 0.632. The minimum absolute atomic E-state index is 0.243. The molecule has 0 spiro atoms. The summed E-state index contributed by atoms with van der Waals surface area (Å²) in [5.74, 6) is 1.15. The van der Waals surface area contributed by atoms with Crippen LogP contribution in [0, 0.1) is 0 Å². The summed E-state index contributed by atoms with van der Waals surface area (Å²) in [6.45, 7) is 8.84. The van der Waals surface area contributed by atoms with Gasteiger partial charge < -0.3 is 24.1 Å². The molecule has 0 aromatic heterocycles. The van der Waals surface area contributed by atoms with Gasteiger partial charge in [-0.1, -0.05) is 39.9 Å². The maximum absolute atomic E-state index is 12.7. The Balaban J connectivity index is 3.69. The van der Waals surface area contributed by atoms with Gasteiger partial charge in [0.2, 0.25) is 4.35 Å². The van der Waals surface area contributed by atoms with Crippen molar-refractivity contribution < 1.29 is 28.3 Å². The molecule has 7 nitrogen and oxygen atoms in total. The van der Waals surface area contributed by atoms with Gasteiger partial charge in [0.25, 0.3) is 0 Å². The Labute approximate surface area is 189 Å². The van der Waals surface area contributed by atoms with Crippen LogP contribution >= 0.6 is 39.2 Å². The molecule has 0 aliphatic carbocycles. The van der Waals surface area contributed by atoms with E-state index in [1.807, 2.05) is 41.8 Å². The molecule has 30 heavy (non-hydrogen) atoms. The van der Waals surface area contributed by atoms with Gasteiger partial charge in [-0.05, 0) is 62.0 Å². The summed E-state index contributed by atoms with van der Waals surface area (Å²) in [5, 5.41) is 0. The molecule has 11 heteroatoms. The summed E-state index contributed by atoms with van der Waals surface area (Å²) in [4.78, 5) is 32.2. The average Bonchev–Trinajstić information content (AvgIpc) is 2.65. The molecule has 1 aromatic rings. The van der Waals surface area contributed by atoms with Crippen LogP contribution in [0.1, 0.15) is 49.9 Å². The summed E-state index contributed by atoms with van der Waals surface area (Å²) in [5.41, 5.74) is 3.68. The van der Waals surface area contributed by atoms with Gasteiger partial charge in [-0.3, -0.25) is 4.57 Å². The molecule has 3 N–H and O–H groups in total. The number of thioether (sulfide) groups is 1. The van der Waals surface area contributed by atoms with E-state index in [0.29, 0.717) is 25.7 Å². The van der Waals surface area contributed by atoms with Crippen molar-refractivity contribution in [2.75, 3.05) is 26.4 Å². The molecule has 0 fully saturated rings. The predicted octanol–water partition coefficient (Wildman–Crippen LogP) is 4.62. The van der Waals surface area contributed by atoms with E-state index in [4.69, 9.17) is 4.52 Å². The first-order chi connectivity index (χ1) is 13.8. The van der Waals surface area contributed by atoms with Gasteiger partial charge in [0, 0.05) is 17.2 Å². The van der Waals surface area contributed by atoms with Gasteiger partial charge in [-0.2, -0.15) is 0 Å². The molecule has 1 atom stereocenters. The van der Waals surface area contributed by atoms with Gasteiger partial charge in [0.15, 0.2) is 0 Å². The summed E-state index contributed by atoms with van der Waals surface area (Å²) >= 11 is 6.37. The Morgan fingerprint density at radius 3 is 1.70 bits per heavy atom. The zero-order valence-electron chi connectivity index (χ0n) is 18.5. The standard InChI is InChI=1S/C19H33NO6P2S2/c1-7-13-15(9-3)18(30-12-11-20(5)6)16(10-4)14(8-2)17(13)26-28(24,25)19(29)27(21,22)23/h7-12H2,1-6H3,(H,24,25)(H2,21,22,23). The molecular formula is C19H33NO6P2S2. The second-order valence-electron chi connectivity index (χ2n) is 7.08. The SMILES string of the molecule is CCc1c(CC)c(SCCN(C)C)c(CC)c(CC)c1OP(=O)(O)C(=S)P(=O)(O)O. The van der Waals surface area contributed by atoms with E-state index in [-0.39, 0.29) is 5.75 Å². The molecule has 1 unspecified atom stereocenters. The minimum Gasteiger partial charge on any atom is -0.420 e. The number of rotatable bonds is 12. The lowest BCUT2D eigenvalue weighted by molar-refractivity contribution is 0.383. The highest BCUT2D eigenvalue weighted by Gasteiger charge is 2.41. The first kappa shape index (κ1) is 27.8. The third-order valence-electron chi connectivity index (χ3n) is 4.73. The van der Waals surface area contributed by atoms with Crippen molar-refractivity contribution in [3.05, 3.63) is 22.3 Å². The Morgan fingerprint density at radius 1 is 0.933 bits per heavy atom. The van der Waals surface area contributed by atoms with E-state index in [2.05, 4.69) is 17.1 Å². The Bertz CT molecular complexity index is 836. The summed E-state index contributed by atoms with van der Waals surface area (Å²) in [6.07, 6.45) is 2.53. The Hall–Kier alpha value is -0.240. The van der Waals surface area contributed by atoms with Gasteiger partial charge in [0.1, 0.15) is 5.75 Å². The third kappa shape index (κ3) is 6.63. The molecule has 0 aliphatic heterocycles. The van der Waals surface area contributed by atoms with Crippen molar-refractivity contribution in [3.63, 3.8) is 0 Å². The number of nitrogens with zero attached hydrogens (tertiary/aromatic N) is 1. The summed E-state index contributed by atoms with van der Waals surface area (Å²) in [7, 11) is -5.86. The van der Waals surface area contributed by atoms with Crippen molar-refractivity contribution in [1.29, 1.82) is 0 Å². The monoisotopic (exact) mass is 497 g/mol. The molecule has 0 saturated heterocycles. The van der Waals surface area contributed by atoms with E-state index in [1.54, 1.807) is 11.8 Å². The Kier molecular flexibility index (Phi) is 10.7. The highest BCUT2D eigenvalue weighted by molar-refractivity contribution is 8.16. The quantitative estimate of drug-likeness (QED) is 0.217. The largest absolute Gasteiger partial charge is 0.427 e. The molecule has 172 valence electrons. The van der Waals surface area contributed by atoms with Gasteiger partial charge in [0.05, 0.1) is 0 Å². The van der Waals surface area contributed by atoms with Crippen molar-refractivity contribution in [2.45, 2.75) is 58.3 Å². The normalized spacial score (nSPS) is 14.1. The van der Waals surface area contributed by atoms with Crippen molar-refractivity contribution in [2.24, 2.45) is 0 Å². The first-order valence-electron chi connectivity index (χ1n) is 9.95. The first-order valence-corrected chi connectivity index (χ1v) is 14.5. The van der Waals surface area contributed by atoms with Crippen LogP contribution in [0.4, 0.5) is 0 Å². The van der Waals surface area contributed by atoms with Crippen molar-refractivity contribution in [1.82, 2.24) is 4.90 Å². The van der Waals surface area contributed by atoms with Crippen LogP contribution < -0.4 is 4.52 Å². The molecule has 1 rings (SSSR count). The van der Waals surface area contributed by atoms with Crippen LogP contribution in [-0.2, 0) is 34.8 Å². The van der Waals surface area contributed by atoms with Gasteiger partial charge in [-0.25, -0.2) is 4.57 Å². The molecule has 0 radical (unpaired) electrons. The molecule has 0 aliphatic rings. The lowest BCUT2D eigenvalue weighted by atomic mass is 9.91. The summed E-state index contributed by atoms with van der Waals surface area (Å²) < 4.78 is 28.4. The van der Waals surface area contributed by atoms with Gasteiger partial charge in [-0.15, -0.1) is 11.8 Å². The zero-order valence-corrected chi connectivity index (χ0v) is 21.9. The lowest BCUT2D eigenvalue weighted by Crippen LogP contribution is -2.16. The number of benzene rings is 1. The topological polar surface area (TPSA) is 107 Å². The van der Waals surface area contributed by atoms with Crippen LogP contribution in [0.2, 0.25) is 0 Å². The zero-order chi connectivity index (χ0) is 23.3. The molecule has 0 bridgehead atoms. The predicted molar refractivity (Wildman–Crippen MR) is 128 cm³/mol. The lowest BCUT2D eigenvalue weighted by Gasteiger charge is -2.26. The van der Waals surface area contributed by atoms with E-state index >= 15 is 0 Å². The van der Waals surface area contributed by atoms with Crippen LogP contribution in [0.25, 0.3) is 0 Å². The average molecular weight is 498 g/mol. The highest BCUT2D eigenvalue weighted by atomic mass is 32.2. The van der Waals surface area contributed by atoms with E-state index in [9.17, 15) is 23.8 Å². The molecular weight excluding hydrogens is 464 g/mol. The third-order valence-corrected chi connectivity index (χ3v) is 10.3. The molecule has 0 amide bonds. The van der Waals surface area contributed by atoms with Crippen LogP contribution in [-0.4, -0.2) is 50.3 Å². The van der Waals surface area contributed by atoms with E-state index in [1.165, 1.54) is 4.90 Å². The molecule has 1 aromatic carbocycles. The molecule has 0 heterocycles. The number of thiocarbonyl (C=S) groups is 1. The van der Waals surface area contributed by atoms with E-state index < -0.39 is 19.5 Å². The minimum atomic E-state index is -5.05. The maximum atomic E-state index is 12.7. The van der Waals surface area contributed by atoms with Crippen LogP contribution in [0.15, 0.2) is 4.90 Å². The number of hydrogen-bond donors (Lipinski definition) is 3. The van der Waals surface area contributed by atoms with Crippen molar-refractivity contribution in [3.8, 4) is 5.75 Å². The van der Waals surface area contributed by atoms with Crippen LogP contribution in [0.5, 0.6) is 5.75 Å². The number of hydrogen-bond acceptors (Lipinski definition) is 6. The fourth-order valence-corrected chi connectivity index (χ4v) is 6.99. The second kappa shape index (κ2) is 11.6. The second-order valence-corrected chi connectivity index (χ2v) is 12.8. The highest BCUT2D eigenvalue weighted by Crippen LogP contribution is 2.59.